The summed E-state index contributed by atoms with van der Waals surface area (Å²) in [6.07, 6.45) is 1.12. The first-order valence-corrected chi connectivity index (χ1v) is 9.00. The summed E-state index contributed by atoms with van der Waals surface area (Å²) >= 11 is 6.06. The second kappa shape index (κ2) is 9.74. The molecule has 1 aromatic rings. The number of nitrogens with one attached hydrogen (secondary N) is 1. The molecule has 1 atom stereocenters. The predicted octanol–water partition coefficient (Wildman–Crippen LogP) is 3.17. The monoisotopic (exact) mass is 353 g/mol. The fourth-order valence-corrected chi connectivity index (χ4v) is 2.94. The van der Waals surface area contributed by atoms with Crippen molar-refractivity contribution in [3.05, 3.63) is 28.8 Å². The summed E-state index contributed by atoms with van der Waals surface area (Å²) in [6, 6.07) is 5.70. The lowest BCUT2D eigenvalue weighted by Crippen LogP contribution is -2.41. The summed E-state index contributed by atoms with van der Waals surface area (Å²) in [6.45, 7) is 8.71. The maximum absolute atomic E-state index is 6.06. The lowest BCUT2D eigenvalue weighted by Gasteiger charge is -2.24. The molecule has 0 aliphatic carbocycles. The Balaban J connectivity index is 2.06. The van der Waals surface area contributed by atoms with Crippen LogP contribution in [0.15, 0.2) is 23.2 Å². The van der Waals surface area contributed by atoms with Gasteiger partial charge >= 0.3 is 0 Å². The van der Waals surface area contributed by atoms with Gasteiger partial charge in [-0.3, -0.25) is 0 Å². The van der Waals surface area contributed by atoms with Crippen molar-refractivity contribution >= 4 is 17.6 Å². The largest absolute Gasteiger partial charge is 0.493 e. The van der Waals surface area contributed by atoms with E-state index in [1.54, 1.807) is 0 Å². The Morgan fingerprint density at radius 3 is 2.96 bits per heavy atom. The highest BCUT2D eigenvalue weighted by molar-refractivity contribution is 6.30. The highest BCUT2D eigenvalue weighted by Gasteiger charge is 2.19. The Kier molecular flexibility index (Phi) is 7.66. The number of nitrogens with zero attached hydrogens (tertiary/aromatic N) is 2. The van der Waals surface area contributed by atoms with Crippen molar-refractivity contribution in [1.82, 2.24) is 10.2 Å². The van der Waals surface area contributed by atoms with Crippen LogP contribution in [0.1, 0.15) is 25.8 Å². The summed E-state index contributed by atoms with van der Waals surface area (Å²) in [7, 11) is 2.07. The molecule has 0 aromatic heterocycles. The summed E-state index contributed by atoms with van der Waals surface area (Å²) < 4.78 is 11.1. The van der Waals surface area contributed by atoms with Crippen molar-refractivity contribution < 1.29 is 9.47 Å². The van der Waals surface area contributed by atoms with Gasteiger partial charge in [0.15, 0.2) is 5.96 Å². The third-order valence-electron chi connectivity index (χ3n) is 3.98. The summed E-state index contributed by atoms with van der Waals surface area (Å²) in [5, 5.41) is 4.03. The van der Waals surface area contributed by atoms with Gasteiger partial charge in [-0.15, -0.1) is 0 Å². The van der Waals surface area contributed by atoms with Gasteiger partial charge < -0.3 is 19.7 Å². The molecule has 1 N–H and O–H groups in total. The zero-order chi connectivity index (χ0) is 17.4. The topological polar surface area (TPSA) is 46.1 Å². The maximum atomic E-state index is 6.06. The van der Waals surface area contributed by atoms with E-state index in [1.807, 2.05) is 25.1 Å². The van der Waals surface area contributed by atoms with Gasteiger partial charge in [0.25, 0.3) is 0 Å². The SMILES string of the molecule is CCNC(=NCc1ccc(Cl)cc1OCC)N(C)CC1CCOC1. The minimum atomic E-state index is 0.556. The van der Waals surface area contributed by atoms with Crippen molar-refractivity contribution in [3.8, 4) is 5.75 Å². The van der Waals surface area contributed by atoms with Crippen LogP contribution in [0.2, 0.25) is 5.02 Å². The van der Waals surface area contributed by atoms with Crippen LogP contribution in [0.3, 0.4) is 0 Å². The van der Waals surface area contributed by atoms with Crippen molar-refractivity contribution in [2.45, 2.75) is 26.8 Å². The molecule has 0 saturated carbocycles. The van der Waals surface area contributed by atoms with Crippen LogP contribution in [-0.2, 0) is 11.3 Å². The molecular weight excluding hydrogens is 326 g/mol. The molecule has 2 rings (SSSR count). The third kappa shape index (κ3) is 5.56. The van der Waals surface area contributed by atoms with E-state index in [0.29, 0.717) is 24.1 Å². The Labute approximate surface area is 150 Å². The Hall–Kier alpha value is -1.46. The number of guanidine groups is 1. The van der Waals surface area contributed by atoms with E-state index in [4.69, 9.17) is 26.1 Å². The van der Waals surface area contributed by atoms with Crippen LogP contribution in [0.5, 0.6) is 5.75 Å². The average Bonchev–Trinajstić information content (AvgIpc) is 3.06. The molecule has 6 heteroatoms. The van der Waals surface area contributed by atoms with Gasteiger partial charge in [-0.2, -0.15) is 0 Å². The van der Waals surface area contributed by atoms with Crippen molar-refractivity contribution in [1.29, 1.82) is 0 Å². The Bertz CT molecular complexity index is 545. The van der Waals surface area contributed by atoms with Crippen molar-refractivity contribution in [2.75, 3.05) is 40.0 Å². The molecule has 1 fully saturated rings. The van der Waals surface area contributed by atoms with E-state index in [2.05, 4.69) is 24.2 Å². The lowest BCUT2D eigenvalue weighted by molar-refractivity contribution is 0.181. The zero-order valence-corrected chi connectivity index (χ0v) is 15.6. The minimum Gasteiger partial charge on any atom is -0.493 e. The van der Waals surface area contributed by atoms with Crippen LogP contribution in [0, 0.1) is 5.92 Å². The first-order valence-electron chi connectivity index (χ1n) is 8.62. The summed E-state index contributed by atoms with van der Waals surface area (Å²) in [4.78, 5) is 6.95. The van der Waals surface area contributed by atoms with E-state index in [1.165, 1.54) is 0 Å². The predicted molar refractivity (Wildman–Crippen MR) is 99.0 cm³/mol. The van der Waals surface area contributed by atoms with E-state index in [0.717, 1.165) is 50.0 Å². The molecule has 0 amide bonds. The van der Waals surface area contributed by atoms with Gasteiger partial charge in [-0.1, -0.05) is 17.7 Å². The van der Waals surface area contributed by atoms with Gasteiger partial charge in [0, 0.05) is 43.2 Å². The lowest BCUT2D eigenvalue weighted by atomic mass is 10.1. The molecule has 24 heavy (non-hydrogen) atoms. The van der Waals surface area contributed by atoms with E-state index in [9.17, 15) is 0 Å². The molecule has 1 heterocycles. The molecule has 1 saturated heterocycles. The molecule has 134 valence electrons. The number of rotatable bonds is 7. The number of halogens is 1. The Morgan fingerprint density at radius 2 is 2.29 bits per heavy atom. The first kappa shape index (κ1) is 18.9. The van der Waals surface area contributed by atoms with Crippen molar-refractivity contribution in [3.63, 3.8) is 0 Å². The molecule has 1 aliphatic rings. The molecule has 0 spiro atoms. The van der Waals surface area contributed by atoms with Gasteiger partial charge in [0.05, 0.1) is 19.8 Å². The van der Waals surface area contributed by atoms with Crippen LogP contribution >= 0.6 is 11.6 Å². The van der Waals surface area contributed by atoms with Gasteiger partial charge in [0.1, 0.15) is 5.75 Å². The number of hydrogen-bond donors (Lipinski definition) is 1. The summed E-state index contributed by atoms with van der Waals surface area (Å²) in [5.74, 6) is 2.28. The molecule has 0 bridgehead atoms. The minimum absolute atomic E-state index is 0.556. The molecule has 1 aromatic carbocycles. The molecule has 0 radical (unpaired) electrons. The quantitative estimate of drug-likeness (QED) is 0.604. The smallest absolute Gasteiger partial charge is 0.193 e. The van der Waals surface area contributed by atoms with Gasteiger partial charge in [-0.25, -0.2) is 4.99 Å². The normalized spacial score (nSPS) is 17.8. The van der Waals surface area contributed by atoms with Crippen LogP contribution in [0.25, 0.3) is 0 Å². The highest BCUT2D eigenvalue weighted by Crippen LogP contribution is 2.24. The number of ether oxygens (including phenoxy) is 2. The first-order chi connectivity index (χ1) is 11.6. The van der Waals surface area contributed by atoms with E-state index in [-0.39, 0.29) is 0 Å². The zero-order valence-electron chi connectivity index (χ0n) is 14.8. The van der Waals surface area contributed by atoms with Gasteiger partial charge in [-0.05, 0) is 32.4 Å². The van der Waals surface area contributed by atoms with E-state index < -0.39 is 0 Å². The second-order valence-electron chi connectivity index (χ2n) is 5.97. The van der Waals surface area contributed by atoms with Crippen LogP contribution < -0.4 is 10.1 Å². The maximum Gasteiger partial charge on any atom is 0.193 e. The number of hydrogen-bond acceptors (Lipinski definition) is 3. The summed E-state index contributed by atoms with van der Waals surface area (Å²) in [5.41, 5.74) is 1.04. The van der Waals surface area contributed by atoms with E-state index >= 15 is 0 Å². The molecule has 1 unspecified atom stereocenters. The fourth-order valence-electron chi connectivity index (χ4n) is 2.78. The third-order valence-corrected chi connectivity index (χ3v) is 4.22. The van der Waals surface area contributed by atoms with Crippen LogP contribution in [-0.4, -0.2) is 50.8 Å². The standard InChI is InChI=1S/C18H28ClN3O2/c1-4-20-18(22(3)12-14-8-9-23-13-14)21-11-15-6-7-16(19)10-17(15)24-5-2/h6-7,10,14H,4-5,8-9,11-13H2,1-3H3,(H,20,21). The highest BCUT2D eigenvalue weighted by atomic mass is 35.5. The molecular formula is C18H28ClN3O2. The van der Waals surface area contributed by atoms with Gasteiger partial charge in [0.2, 0.25) is 0 Å². The van der Waals surface area contributed by atoms with Crippen LogP contribution in [0.4, 0.5) is 0 Å². The molecule has 5 nitrogen and oxygen atoms in total. The second-order valence-corrected chi connectivity index (χ2v) is 6.40. The average molecular weight is 354 g/mol. The number of benzene rings is 1. The molecule has 1 aliphatic heterocycles. The number of aliphatic imine (C=N–C) groups is 1. The fraction of sp³-hybridized carbons (Fsp3) is 0.611. The Morgan fingerprint density at radius 1 is 1.46 bits per heavy atom. The van der Waals surface area contributed by atoms with Crippen molar-refractivity contribution in [2.24, 2.45) is 10.9 Å².